The van der Waals surface area contributed by atoms with Gasteiger partial charge in [0.1, 0.15) is 5.75 Å². The topological polar surface area (TPSA) is 84.5 Å². The molecule has 6 nitrogen and oxygen atoms in total. The van der Waals surface area contributed by atoms with Crippen LogP contribution in [0.4, 0.5) is 5.69 Å². The van der Waals surface area contributed by atoms with Crippen molar-refractivity contribution in [1.29, 1.82) is 0 Å². The van der Waals surface area contributed by atoms with Crippen molar-refractivity contribution in [2.24, 2.45) is 0 Å². The molecule has 0 aromatic heterocycles. The summed E-state index contributed by atoms with van der Waals surface area (Å²) < 4.78 is 5.61. The molecule has 0 saturated carbocycles. The summed E-state index contributed by atoms with van der Waals surface area (Å²) in [5.41, 5.74) is 5.31. The molecule has 1 aliphatic rings. The Hall–Kier alpha value is -3.15. The molecule has 1 aliphatic carbocycles. The summed E-state index contributed by atoms with van der Waals surface area (Å²) in [7, 11) is 0. The van der Waals surface area contributed by atoms with Crippen LogP contribution in [0.1, 0.15) is 51.9 Å². The SMILES string of the molecule is Cc1cccc(C)c1NC(=O)CNC(=O)COc1ccc(C)c2c1C(=O)C[C@H]2C. The van der Waals surface area contributed by atoms with Crippen molar-refractivity contribution in [3.63, 3.8) is 0 Å². The summed E-state index contributed by atoms with van der Waals surface area (Å²) >= 11 is 0. The first-order valence-corrected chi connectivity index (χ1v) is 9.70. The molecule has 0 radical (unpaired) electrons. The maximum absolute atomic E-state index is 12.3. The predicted molar refractivity (Wildman–Crippen MR) is 112 cm³/mol. The molecule has 152 valence electrons. The highest BCUT2D eigenvalue weighted by molar-refractivity contribution is 6.04. The third-order valence-electron chi connectivity index (χ3n) is 5.24. The first kappa shape index (κ1) is 20.6. The minimum absolute atomic E-state index is 0.0413. The number of nitrogens with one attached hydrogen (secondary N) is 2. The lowest BCUT2D eigenvalue weighted by atomic mass is 9.97. The summed E-state index contributed by atoms with van der Waals surface area (Å²) in [5, 5.41) is 5.37. The Morgan fingerprint density at radius 3 is 2.41 bits per heavy atom. The lowest BCUT2D eigenvalue weighted by molar-refractivity contribution is -0.125. The van der Waals surface area contributed by atoms with Gasteiger partial charge in [0.2, 0.25) is 5.91 Å². The van der Waals surface area contributed by atoms with Crippen molar-refractivity contribution in [2.75, 3.05) is 18.5 Å². The van der Waals surface area contributed by atoms with Gasteiger partial charge in [-0.15, -0.1) is 0 Å². The van der Waals surface area contributed by atoms with E-state index < -0.39 is 5.91 Å². The zero-order valence-electron chi connectivity index (χ0n) is 17.2. The maximum atomic E-state index is 12.3. The number of ether oxygens (including phenoxy) is 1. The van der Waals surface area contributed by atoms with Gasteiger partial charge < -0.3 is 15.4 Å². The van der Waals surface area contributed by atoms with E-state index in [0.29, 0.717) is 17.7 Å². The number of ketones is 1. The second-order valence-corrected chi connectivity index (χ2v) is 7.58. The van der Waals surface area contributed by atoms with Gasteiger partial charge >= 0.3 is 0 Å². The highest BCUT2D eigenvalue weighted by Gasteiger charge is 2.31. The zero-order valence-corrected chi connectivity index (χ0v) is 17.2. The molecule has 3 rings (SSSR count). The third-order valence-corrected chi connectivity index (χ3v) is 5.24. The van der Waals surface area contributed by atoms with Crippen LogP contribution in [0.5, 0.6) is 5.75 Å². The minimum atomic E-state index is -0.422. The summed E-state index contributed by atoms with van der Waals surface area (Å²) in [4.78, 5) is 36.6. The minimum Gasteiger partial charge on any atom is -0.483 e. The number of para-hydroxylation sites is 1. The number of rotatable bonds is 6. The van der Waals surface area contributed by atoms with E-state index in [1.165, 1.54) is 0 Å². The van der Waals surface area contributed by atoms with Crippen LogP contribution in [-0.4, -0.2) is 30.7 Å². The van der Waals surface area contributed by atoms with Gasteiger partial charge in [-0.25, -0.2) is 0 Å². The van der Waals surface area contributed by atoms with E-state index in [0.717, 1.165) is 27.9 Å². The van der Waals surface area contributed by atoms with Gasteiger partial charge in [-0.05, 0) is 55.0 Å². The number of benzene rings is 2. The van der Waals surface area contributed by atoms with Crippen molar-refractivity contribution in [2.45, 2.75) is 40.0 Å². The Morgan fingerprint density at radius 1 is 1.03 bits per heavy atom. The van der Waals surface area contributed by atoms with Crippen molar-refractivity contribution >= 4 is 23.3 Å². The molecule has 0 saturated heterocycles. The first-order valence-electron chi connectivity index (χ1n) is 9.70. The molecule has 6 heteroatoms. The van der Waals surface area contributed by atoms with Crippen molar-refractivity contribution in [3.05, 3.63) is 58.1 Å². The average Bonchev–Trinajstić information content (AvgIpc) is 2.98. The van der Waals surface area contributed by atoms with Gasteiger partial charge in [0, 0.05) is 12.1 Å². The molecule has 0 bridgehead atoms. The van der Waals surface area contributed by atoms with Crippen LogP contribution in [0.2, 0.25) is 0 Å². The maximum Gasteiger partial charge on any atom is 0.258 e. The Balaban J connectivity index is 1.55. The van der Waals surface area contributed by atoms with Gasteiger partial charge in [0.25, 0.3) is 5.91 Å². The smallest absolute Gasteiger partial charge is 0.258 e. The van der Waals surface area contributed by atoms with E-state index in [-0.39, 0.29) is 30.8 Å². The van der Waals surface area contributed by atoms with E-state index in [1.54, 1.807) is 6.07 Å². The van der Waals surface area contributed by atoms with Gasteiger partial charge in [-0.3, -0.25) is 14.4 Å². The van der Waals surface area contributed by atoms with Crippen LogP contribution in [0.3, 0.4) is 0 Å². The van der Waals surface area contributed by atoms with Gasteiger partial charge in [0.15, 0.2) is 12.4 Å². The van der Waals surface area contributed by atoms with Gasteiger partial charge in [-0.1, -0.05) is 31.2 Å². The Morgan fingerprint density at radius 2 is 1.72 bits per heavy atom. The molecule has 2 aromatic rings. The van der Waals surface area contributed by atoms with Gasteiger partial charge in [-0.2, -0.15) is 0 Å². The number of aryl methyl sites for hydroxylation is 3. The monoisotopic (exact) mass is 394 g/mol. The Bertz CT molecular complexity index is 961. The van der Waals surface area contributed by atoms with Gasteiger partial charge in [0.05, 0.1) is 12.1 Å². The van der Waals surface area contributed by atoms with Crippen molar-refractivity contribution in [1.82, 2.24) is 5.32 Å². The molecule has 2 amide bonds. The summed E-state index contributed by atoms with van der Waals surface area (Å²) in [6, 6.07) is 9.38. The molecule has 0 heterocycles. The van der Waals surface area contributed by atoms with Crippen molar-refractivity contribution in [3.8, 4) is 5.75 Å². The second kappa shape index (κ2) is 8.47. The van der Waals surface area contributed by atoms with Crippen LogP contribution in [0.25, 0.3) is 0 Å². The second-order valence-electron chi connectivity index (χ2n) is 7.58. The fraction of sp³-hybridized carbons (Fsp3) is 0.348. The zero-order chi connectivity index (χ0) is 21.1. The standard InChI is InChI=1S/C23H26N2O4/c1-13-8-9-18(22-17(26)10-16(4)21(13)22)29-12-20(28)24-11-19(27)25-23-14(2)6-5-7-15(23)3/h5-9,16H,10-12H2,1-4H3,(H,24,28)(H,25,27)/t16-/m1/s1. The van der Waals surface area contributed by atoms with E-state index in [1.807, 2.05) is 52.0 Å². The first-order chi connectivity index (χ1) is 13.8. The van der Waals surface area contributed by atoms with E-state index in [9.17, 15) is 14.4 Å². The summed E-state index contributed by atoms with van der Waals surface area (Å²) in [6.45, 7) is 7.40. The summed E-state index contributed by atoms with van der Waals surface area (Å²) in [6.07, 6.45) is 0.460. The number of carbonyl (C=O) groups is 3. The molecule has 2 aromatic carbocycles. The van der Waals surface area contributed by atoms with Crippen LogP contribution < -0.4 is 15.4 Å². The fourth-order valence-corrected chi connectivity index (χ4v) is 3.80. The highest BCUT2D eigenvalue weighted by Crippen LogP contribution is 2.40. The Labute approximate surface area is 170 Å². The van der Waals surface area contributed by atoms with Crippen LogP contribution in [0.15, 0.2) is 30.3 Å². The van der Waals surface area contributed by atoms with Crippen molar-refractivity contribution < 1.29 is 19.1 Å². The summed E-state index contributed by atoms with van der Waals surface area (Å²) in [5.74, 6) is -0.108. The largest absolute Gasteiger partial charge is 0.483 e. The predicted octanol–water partition coefficient (Wildman–Crippen LogP) is 3.44. The number of amides is 2. The molecule has 29 heavy (non-hydrogen) atoms. The molecule has 0 spiro atoms. The number of hydrogen-bond donors (Lipinski definition) is 2. The van der Waals surface area contributed by atoms with Crippen LogP contribution in [-0.2, 0) is 9.59 Å². The molecule has 0 aliphatic heterocycles. The van der Waals surface area contributed by atoms with E-state index >= 15 is 0 Å². The average molecular weight is 394 g/mol. The van der Waals surface area contributed by atoms with E-state index in [4.69, 9.17) is 4.74 Å². The quantitative estimate of drug-likeness (QED) is 0.786. The molecular weight excluding hydrogens is 368 g/mol. The number of Topliss-reactive ketones (excluding diaryl/α,β-unsaturated/α-hetero) is 1. The number of fused-ring (bicyclic) bond motifs is 1. The lowest BCUT2D eigenvalue weighted by Gasteiger charge is -2.14. The molecule has 1 atom stereocenters. The molecular formula is C23H26N2O4. The Kier molecular flexibility index (Phi) is 6.01. The number of anilines is 1. The fourth-order valence-electron chi connectivity index (χ4n) is 3.80. The van der Waals surface area contributed by atoms with Crippen LogP contribution >= 0.6 is 0 Å². The number of hydrogen-bond acceptors (Lipinski definition) is 4. The lowest BCUT2D eigenvalue weighted by Crippen LogP contribution is -2.36. The van der Waals surface area contributed by atoms with E-state index in [2.05, 4.69) is 10.6 Å². The number of carbonyl (C=O) groups excluding carboxylic acids is 3. The normalized spacial score (nSPS) is 15.0. The highest BCUT2D eigenvalue weighted by atomic mass is 16.5. The molecule has 0 fully saturated rings. The molecule has 2 N–H and O–H groups in total. The molecule has 0 unspecified atom stereocenters. The van der Waals surface area contributed by atoms with Crippen LogP contribution in [0, 0.1) is 20.8 Å². The third kappa shape index (κ3) is 4.47.